The Morgan fingerprint density at radius 2 is 1.74 bits per heavy atom. The van der Waals surface area contributed by atoms with Gasteiger partial charge in [0.2, 0.25) is 0 Å². The number of nitrogens with two attached hydrogens (primary N) is 1. The van der Waals surface area contributed by atoms with Crippen LogP contribution >= 0.6 is 0 Å². The van der Waals surface area contributed by atoms with Crippen LogP contribution in [0.5, 0.6) is 5.75 Å². The molecule has 0 saturated heterocycles. The lowest BCUT2D eigenvalue weighted by atomic mass is 10.0. The Bertz CT molecular complexity index is 688. The van der Waals surface area contributed by atoms with Crippen molar-refractivity contribution in [3.05, 3.63) is 59.7 Å². The Balaban J connectivity index is 2.17. The predicted octanol–water partition coefficient (Wildman–Crippen LogP) is 2.17. The van der Waals surface area contributed by atoms with Gasteiger partial charge in [-0.2, -0.15) is 0 Å². The number of benzene rings is 2. The summed E-state index contributed by atoms with van der Waals surface area (Å²) in [6, 6.07) is 13.9. The van der Waals surface area contributed by atoms with Crippen molar-refractivity contribution in [2.45, 2.75) is 0 Å². The maximum atomic E-state index is 12.0. The minimum Gasteiger partial charge on any atom is -0.508 e. The maximum absolute atomic E-state index is 12.0. The molecule has 3 rings (SSSR count). The molecule has 1 heterocycles. The number of phenolic OH excluding ortho intramolecular Hbond substituents is 1. The molecule has 2 aromatic rings. The SMILES string of the molecule is N/C(=C1/C(=O)Nc2ccccc21)c1ccc(O)cc1. The maximum Gasteiger partial charge on any atom is 0.258 e. The van der Waals surface area contributed by atoms with E-state index in [-0.39, 0.29) is 11.7 Å². The zero-order valence-corrected chi connectivity index (χ0v) is 10.1. The van der Waals surface area contributed by atoms with E-state index in [1.54, 1.807) is 24.3 Å². The summed E-state index contributed by atoms with van der Waals surface area (Å²) in [5, 5.41) is 12.1. The fourth-order valence-corrected chi connectivity index (χ4v) is 2.17. The molecule has 4 nitrogen and oxygen atoms in total. The molecule has 2 aromatic carbocycles. The third-order valence-electron chi connectivity index (χ3n) is 3.12. The van der Waals surface area contributed by atoms with Gasteiger partial charge in [0.25, 0.3) is 5.91 Å². The van der Waals surface area contributed by atoms with E-state index in [2.05, 4.69) is 5.32 Å². The highest BCUT2D eigenvalue weighted by Gasteiger charge is 2.26. The van der Waals surface area contributed by atoms with Crippen molar-refractivity contribution in [3.8, 4) is 5.75 Å². The van der Waals surface area contributed by atoms with E-state index in [0.29, 0.717) is 16.8 Å². The lowest BCUT2D eigenvalue weighted by molar-refractivity contribution is -0.110. The fraction of sp³-hybridized carbons (Fsp3) is 0. The Hall–Kier alpha value is -2.75. The first kappa shape index (κ1) is 11.3. The lowest BCUT2D eigenvalue weighted by Gasteiger charge is -2.06. The summed E-state index contributed by atoms with van der Waals surface area (Å²) in [4.78, 5) is 12.0. The van der Waals surface area contributed by atoms with Gasteiger partial charge in [-0.1, -0.05) is 18.2 Å². The van der Waals surface area contributed by atoms with Crippen LogP contribution in [-0.4, -0.2) is 11.0 Å². The van der Waals surface area contributed by atoms with Crippen molar-refractivity contribution >= 4 is 22.9 Å². The molecule has 0 unspecified atom stereocenters. The zero-order chi connectivity index (χ0) is 13.4. The molecule has 1 aliphatic rings. The second-order valence-corrected chi connectivity index (χ2v) is 4.34. The molecule has 1 aliphatic heterocycles. The number of fused-ring (bicyclic) bond motifs is 1. The second kappa shape index (κ2) is 4.17. The molecule has 4 heteroatoms. The molecule has 0 aliphatic carbocycles. The number of carbonyl (C=O) groups excluding carboxylic acids is 1. The monoisotopic (exact) mass is 252 g/mol. The summed E-state index contributed by atoms with van der Waals surface area (Å²) in [6.45, 7) is 0. The van der Waals surface area contributed by atoms with E-state index in [9.17, 15) is 9.90 Å². The number of amides is 1. The molecule has 0 bridgehead atoms. The number of rotatable bonds is 1. The van der Waals surface area contributed by atoms with Crippen LogP contribution < -0.4 is 11.1 Å². The number of hydrogen-bond acceptors (Lipinski definition) is 3. The van der Waals surface area contributed by atoms with Crippen molar-refractivity contribution in [3.63, 3.8) is 0 Å². The van der Waals surface area contributed by atoms with Gasteiger partial charge in [-0.25, -0.2) is 0 Å². The van der Waals surface area contributed by atoms with Crippen LogP contribution in [0.15, 0.2) is 48.5 Å². The quantitative estimate of drug-likeness (QED) is 0.681. The third-order valence-corrected chi connectivity index (χ3v) is 3.12. The van der Waals surface area contributed by atoms with Crippen LogP contribution in [-0.2, 0) is 4.79 Å². The van der Waals surface area contributed by atoms with Crippen LogP contribution in [0.2, 0.25) is 0 Å². The number of phenols is 1. The summed E-state index contributed by atoms with van der Waals surface area (Å²) >= 11 is 0. The largest absolute Gasteiger partial charge is 0.508 e. The predicted molar refractivity (Wildman–Crippen MR) is 74.2 cm³/mol. The molecule has 0 aromatic heterocycles. The number of carbonyl (C=O) groups is 1. The van der Waals surface area contributed by atoms with Crippen molar-refractivity contribution < 1.29 is 9.90 Å². The molecule has 0 fully saturated rings. The minimum atomic E-state index is -0.202. The molecule has 0 spiro atoms. The number of aromatic hydroxyl groups is 1. The molecule has 4 N–H and O–H groups in total. The van der Waals surface area contributed by atoms with Crippen LogP contribution in [0.4, 0.5) is 5.69 Å². The topological polar surface area (TPSA) is 75.4 Å². The fourth-order valence-electron chi connectivity index (χ4n) is 2.17. The van der Waals surface area contributed by atoms with Crippen molar-refractivity contribution in [2.24, 2.45) is 5.73 Å². The third kappa shape index (κ3) is 1.83. The van der Waals surface area contributed by atoms with E-state index >= 15 is 0 Å². The lowest BCUT2D eigenvalue weighted by Crippen LogP contribution is -2.09. The van der Waals surface area contributed by atoms with E-state index in [1.807, 2.05) is 24.3 Å². The van der Waals surface area contributed by atoms with Gasteiger partial charge >= 0.3 is 0 Å². The van der Waals surface area contributed by atoms with Gasteiger partial charge < -0.3 is 16.2 Å². The summed E-state index contributed by atoms with van der Waals surface area (Å²) in [5.41, 5.74) is 9.25. The zero-order valence-electron chi connectivity index (χ0n) is 10.1. The first-order valence-corrected chi connectivity index (χ1v) is 5.87. The average molecular weight is 252 g/mol. The summed E-state index contributed by atoms with van der Waals surface area (Å²) in [7, 11) is 0. The Labute approximate surface area is 110 Å². The van der Waals surface area contributed by atoms with Gasteiger partial charge in [-0.3, -0.25) is 4.79 Å². The van der Waals surface area contributed by atoms with Crippen LogP contribution in [0.3, 0.4) is 0 Å². The van der Waals surface area contributed by atoms with E-state index < -0.39 is 0 Å². The van der Waals surface area contributed by atoms with Crippen LogP contribution in [0.25, 0.3) is 11.3 Å². The molecular formula is C15H12N2O2. The van der Waals surface area contributed by atoms with E-state index in [4.69, 9.17) is 5.73 Å². The normalized spacial score (nSPS) is 15.9. The average Bonchev–Trinajstić information content (AvgIpc) is 2.74. The Morgan fingerprint density at radius 1 is 1.05 bits per heavy atom. The summed E-state index contributed by atoms with van der Waals surface area (Å²) in [5.74, 6) is -0.0374. The molecule has 1 amide bonds. The minimum absolute atomic E-state index is 0.165. The first-order chi connectivity index (χ1) is 9.16. The number of hydrogen-bond donors (Lipinski definition) is 3. The number of anilines is 1. The highest BCUT2D eigenvalue weighted by Crippen LogP contribution is 2.34. The van der Waals surface area contributed by atoms with E-state index in [1.165, 1.54) is 0 Å². The summed E-state index contributed by atoms with van der Waals surface area (Å²) in [6.07, 6.45) is 0. The Morgan fingerprint density at radius 3 is 2.47 bits per heavy atom. The first-order valence-electron chi connectivity index (χ1n) is 5.87. The Kier molecular flexibility index (Phi) is 2.49. The molecule has 0 radical (unpaired) electrons. The highest BCUT2D eigenvalue weighted by atomic mass is 16.3. The van der Waals surface area contributed by atoms with Crippen molar-refractivity contribution in [1.29, 1.82) is 0 Å². The number of para-hydroxylation sites is 1. The number of nitrogens with one attached hydrogen (secondary N) is 1. The van der Waals surface area contributed by atoms with Crippen molar-refractivity contribution in [2.75, 3.05) is 5.32 Å². The van der Waals surface area contributed by atoms with Gasteiger partial charge in [0.15, 0.2) is 0 Å². The molecule has 0 atom stereocenters. The molecule has 19 heavy (non-hydrogen) atoms. The van der Waals surface area contributed by atoms with Crippen LogP contribution in [0, 0.1) is 0 Å². The van der Waals surface area contributed by atoms with Gasteiger partial charge in [0.1, 0.15) is 5.75 Å². The molecule has 0 saturated carbocycles. The van der Waals surface area contributed by atoms with Crippen molar-refractivity contribution in [1.82, 2.24) is 0 Å². The highest BCUT2D eigenvalue weighted by molar-refractivity contribution is 6.36. The summed E-state index contributed by atoms with van der Waals surface area (Å²) < 4.78 is 0. The van der Waals surface area contributed by atoms with Gasteiger partial charge in [-0.15, -0.1) is 0 Å². The molecule has 94 valence electrons. The van der Waals surface area contributed by atoms with Crippen LogP contribution in [0.1, 0.15) is 11.1 Å². The standard InChI is InChI=1S/C15H12N2O2/c16-14(9-5-7-10(18)8-6-9)13-11-3-1-2-4-12(11)17-15(13)19/h1-8,18H,16H2,(H,17,19)/b14-13+. The van der Waals surface area contributed by atoms with Gasteiger partial charge in [-0.05, 0) is 35.9 Å². The smallest absolute Gasteiger partial charge is 0.258 e. The van der Waals surface area contributed by atoms with Gasteiger partial charge in [0.05, 0.1) is 11.3 Å². The van der Waals surface area contributed by atoms with E-state index in [0.717, 1.165) is 11.3 Å². The molecular weight excluding hydrogens is 240 g/mol. The van der Waals surface area contributed by atoms with Gasteiger partial charge in [0, 0.05) is 11.3 Å². The second-order valence-electron chi connectivity index (χ2n) is 4.34.